The molecule has 0 saturated carbocycles. The number of halogens is 1. The Labute approximate surface area is 98.3 Å². The molecule has 15 heavy (non-hydrogen) atoms. The zero-order chi connectivity index (χ0) is 11.1. The molecule has 0 fully saturated rings. The number of anilines is 1. The third-order valence-electron chi connectivity index (χ3n) is 1.69. The molecule has 82 valence electrons. The van der Waals surface area contributed by atoms with Gasteiger partial charge >= 0.3 is 0 Å². The fourth-order valence-corrected chi connectivity index (χ4v) is 1.98. The largest absolute Gasteiger partial charge is 0.360 e. The Bertz CT molecular complexity index is 344. The Morgan fingerprint density at radius 1 is 1.47 bits per heavy atom. The van der Waals surface area contributed by atoms with E-state index in [1.807, 2.05) is 6.07 Å². The van der Waals surface area contributed by atoms with Crippen LogP contribution in [0.1, 0.15) is 18.2 Å². The molecule has 0 amide bonds. The van der Waals surface area contributed by atoms with Gasteiger partial charge in [-0.3, -0.25) is 0 Å². The lowest BCUT2D eigenvalue weighted by Gasteiger charge is -2.03. The van der Waals surface area contributed by atoms with E-state index in [0.717, 1.165) is 26.1 Å². The van der Waals surface area contributed by atoms with Crippen LogP contribution >= 0.6 is 22.9 Å². The maximum absolute atomic E-state index is 8.67. The van der Waals surface area contributed by atoms with Gasteiger partial charge in [0.05, 0.1) is 0 Å². The highest BCUT2D eigenvalue weighted by Crippen LogP contribution is 2.25. The molecule has 1 aromatic rings. The van der Waals surface area contributed by atoms with Crippen LogP contribution in [0.3, 0.4) is 0 Å². The number of hydrogen-bond acceptors (Lipinski definition) is 5. The summed E-state index contributed by atoms with van der Waals surface area (Å²) >= 11 is 7.01. The first kappa shape index (κ1) is 12.2. The number of nitrogens with zero attached hydrogens (tertiary/aromatic N) is 2. The summed E-state index contributed by atoms with van der Waals surface area (Å²) in [6.07, 6.45) is 1.13. The summed E-state index contributed by atoms with van der Waals surface area (Å²) in [5, 5.41) is 16.0. The van der Waals surface area contributed by atoms with E-state index in [1.54, 1.807) is 0 Å². The average molecular weight is 245 g/mol. The highest BCUT2D eigenvalue weighted by atomic mass is 35.5. The normalized spacial score (nSPS) is 9.93. The van der Waals surface area contributed by atoms with Crippen LogP contribution in [0.25, 0.3) is 0 Å². The first-order chi connectivity index (χ1) is 7.27. The number of nitrogens with one attached hydrogen (secondary N) is 2. The van der Waals surface area contributed by atoms with Crippen LogP contribution in [-0.2, 0) is 0 Å². The molecular formula is C9H13ClN4S. The van der Waals surface area contributed by atoms with Gasteiger partial charge in [-0.15, -0.1) is 0 Å². The van der Waals surface area contributed by atoms with Gasteiger partial charge in [0.25, 0.3) is 0 Å². The molecule has 0 aliphatic rings. The van der Waals surface area contributed by atoms with Crippen molar-refractivity contribution in [1.82, 2.24) is 10.3 Å². The van der Waals surface area contributed by atoms with Gasteiger partial charge < -0.3 is 10.6 Å². The van der Waals surface area contributed by atoms with E-state index < -0.39 is 0 Å². The van der Waals surface area contributed by atoms with Crippen LogP contribution in [0.2, 0.25) is 5.15 Å². The Morgan fingerprint density at radius 2 is 2.27 bits per heavy atom. The minimum atomic E-state index is 0.284. The molecule has 0 aromatic carbocycles. The van der Waals surface area contributed by atoms with E-state index in [1.165, 1.54) is 11.3 Å². The van der Waals surface area contributed by atoms with Crippen LogP contribution in [0, 0.1) is 11.3 Å². The standard InChI is InChI=1S/C9H13ClN4S/c1-2-3-12-4-5-13-9-14-8(10)7(6-11)15-9/h12H,2-5H2,1H3,(H,13,14). The second-order valence-corrected chi connectivity index (χ2v) is 4.28. The van der Waals surface area contributed by atoms with Crippen molar-refractivity contribution in [1.29, 1.82) is 5.26 Å². The summed E-state index contributed by atoms with van der Waals surface area (Å²) in [6.45, 7) is 4.81. The molecule has 4 nitrogen and oxygen atoms in total. The number of aromatic nitrogens is 1. The molecule has 0 unspecified atom stereocenters. The number of rotatable bonds is 6. The van der Waals surface area contributed by atoms with Crippen LogP contribution in [-0.4, -0.2) is 24.6 Å². The molecule has 0 spiro atoms. The molecule has 1 heterocycles. The van der Waals surface area contributed by atoms with E-state index in [2.05, 4.69) is 22.5 Å². The summed E-state index contributed by atoms with van der Waals surface area (Å²) in [4.78, 5) is 4.48. The number of nitriles is 1. The lowest BCUT2D eigenvalue weighted by Crippen LogP contribution is -2.22. The zero-order valence-electron chi connectivity index (χ0n) is 8.51. The van der Waals surface area contributed by atoms with Gasteiger partial charge in [-0.1, -0.05) is 29.9 Å². The third kappa shape index (κ3) is 4.04. The molecule has 0 aliphatic carbocycles. The van der Waals surface area contributed by atoms with Crippen molar-refractivity contribution in [2.75, 3.05) is 25.0 Å². The topological polar surface area (TPSA) is 60.7 Å². The van der Waals surface area contributed by atoms with Crippen molar-refractivity contribution in [2.45, 2.75) is 13.3 Å². The summed E-state index contributed by atoms with van der Waals surface area (Å²) in [5.41, 5.74) is 0. The summed E-state index contributed by atoms with van der Waals surface area (Å²) < 4.78 is 0. The van der Waals surface area contributed by atoms with E-state index in [4.69, 9.17) is 16.9 Å². The number of hydrogen-bond donors (Lipinski definition) is 2. The molecule has 1 rings (SSSR count). The Kier molecular flexibility index (Phi) is 5.40. The Morgan fingerprint density at radius 3 is 2.87 bits per heavy atom. The molecule has 0 bridgehead atoms. The van der Waals surface area contributed by atoms with E-state index >= 15 is 0 Å². The SMILES string of the molecule is CCCNCCNc1nc(Cl)c(C#N)s1. The first-order valence-electron chi connectivity index (χ1n) is 4.79. The fourth-order valence-electron chi connectivity index (χ4n) is 1.01. The van der Waals surface area contributed by atoms with Crippen molar-refractivity contribution in [3.8, 4) is 6.07 Å². The van der Waals surface area contributed by atoms with E-state index in [9.17, 15) is 0 Å². The van der Waals surface area contributed by atoms with Gasteiger partial charge in [0.1, 0.15) is 10.9 Å². The van der Waals surface area contributed by atoms with E-state index in [-0.39, 0.29) is 5.15 Å². The van der Waals surface area contributed by atoms with Crippen molar-refractivity contribution in [3.05, 3.63) is 10.0 Å². The quantitative estimate of drug-likeness (QED) is 0.753. The average Bonchev–Trinajstić information content (AvgIpc) is 2.59. The van der Waals surface area contributed by atoms with Crippen molar-refractivity contribution in [2.24, 2.45) is 0 Å². The van der Waals surface area contributed by atoms with Gasteiger partial charge in [0, 0.05) is 13.1 Å². The minimum absolute atomic E-state index is 0.284. The van der Waals surface area contributed by atoms with Crippen LogP contribution in [0.4, 0.5) is 5.13 Å². The van der Waals surface area contributed by atoms with Crippen molar-refractivity contribution in [3.63, 3.8) is 0 Å². The van der Waals surface area contributed by atoms with Crippen LogP contribution < -0.4 is 10.6 Å². The van der Waals surface area contributed by atoms with Gasteiger partial charge in [0.15, 0.2) is 10.3 Å². The summed E-state index contributed by atoms with van der Waals surface area (Å²) in [7, 11) is 0. The molecule has 6 heteroatoms. The Hall–Kier alpha value is -0.830. The molecule has 0 atom stereocenters. The first-order valence-corrected chi connectivity index (χ1v) is 5.98. The molecule has 0 saturated heterocycles. The van der Waals surface area contributed by atoms with Gasteiger partial charge in [-0.25, -0.2) is 4.98 Å². The second kappa shape index (κ2) is 6.62. The maximum atomic E-state index is 8.67. The predicted molar refractivity (Wildman–Crippen MR) is 63.5 cm³/mol. The monoisotopic (exact) mass is 244 g/mol. The number of thiazole rings is 1. The fraction of sp³-hybridized carbons (Fsp3) is 0.556. The van der Waals surface area contributed by atoms with Gasteiger partial charge in [-0.2, -0.15) is 5.26 Å². The molecule has 0 radical (unpaired) electrons. The highest BCUT2D eigenvalue weighted by molar-refractivity contribution is 7.16. The molecule has 2 N–H and O–H groups in total. The molecular weight excluding hydrogens is 232 g/mol. The third-order valence-corrected chi connectivity index (χ3v) is 3.00. The minimum Gasteiger partial charge on any atom is -0.360 e. The zero-order valence-corrected chi connectivity index (χ0v) is 10.1. The van der Waals surface area contributed by atoms with Crippen molar-refractivity contribution < 1.29 is 0 Å². The van der Waals surface area contributed by atoms with Crippen molar-refractivity contribution >= 4 is 28.1 Å². The lowest BCUT2D eigenvalue weighted by molar-refractivity contribution is 0.687. The van der Waals surface area contributed by atoms with Gasteiger partial charge in [0.2, 0.25) is 0 Å². The summed E-state index contributed by atoms with van der Waals surface area (Å²) in [5.74, 6) is 0. The van der Waals surface area contributed by atoms with E-state index in [0.29, 0.717) is 10.0 Å². The van der Waals surface area contributed by atoms with Crippen LogP contribution in [0.15, 0.2) is 0 Å². The maximum Gasteiger partial charge on any atom is 0.185 e. The molecule has 0 aliphatic heterocycles. The predicted octanol–water partition coefficient (Wildman–Crippen LogP) is 2.08. The summed E-state index contributed by atoms with van der Waals surface area (Å²) in [6, 6.07) is 1.99. The molecule has 1 aromatic heterocycles. The Balaban J connectivity index is 2.29. The second-order valence-electron chi connectivity index (χ2n) is 2.93. The van der Waals surface area contributed by atoms with Gasteiger partial charge in [-0.05, 0) is 13.0 Å². The highest BCUT2D eigenvalue weighted by Gasteiger charge is 2.07. The van der Waals surface area contributed by atoms with Crippen LogP contribution in [0.5, 0.6) is 0 Å². The smallest absolute Gasteiger partial charge is 0.185 e. The lowest BCUT2D eigenvalue weighted by atomic mass is 10.5.